The van der Waals surface area contributed by atoms with E-state index in [9.17, 15) is 0 Å². The van der Waals surface area contributed by atoms with Crippen molar-refractivity contribution in [1.82, 2.24) is 0 Å². The molecule has 0 unspecified atom stereocenters. The highest BCUT2D eigenvalue weighted by Gasteiger charge is 1.71. The number of hydrogen-bond donors (Lipinski definition) is 0. The highest BCUT2D eigenvalue weighted by molar-refractivity contribution is 6.18. The van der Waals surface area contributed by atoms with Crippen LogP contribution in [0.5, 0.6) is 0 Å². The van der Waals surface area contributed by atoms with E-state index in [0.717, 1.165) is 5.88 Å². The summed E-state index contributed by atoms with van der Waals surface area (Å²) in [7, 11) is 0. The van der Waals surface area contributed by atoms with Gasteiger partial charge in [-0.25, -0.2) is 0 Å². The van der Waals surface area contributed by atoms with E-state index in [0.29, 0.717) is 0 Å². The molecule has 0 aliphatic carbocycles. The number of halogens is 2. The fourth-order valence-corrected chi connectivity index (χ4v) is 1.20. The lowest BCUT2D eigenvalue weighted by atomic mass is 10.6. The predicted octanol–water partition coefficient (Wildman–Crippen LogP) is 1.09. The Hall–Kier alpha value is 1.11. The monoisotopic (exact) mass is 142 g/mol. The van der Waals surface area contributed by atoms with Crippen LogP contribution in [0.2, 0.25) is 5.28 Å². The van der Waals surface area contributed by atoms with Crippen LogP contribution in [-0.2, 0) is 0 Å². The minimum absolute atomic E-state index is 0. The third-order valence-electron chi connectivity index (χ3n) is 0.487. The lowest BCUT2D eigenvalue weighted by Gasteiger charge is -1.76. The van der Waals surface area contributed by atoms with Gasteiger partial charge in [0.1, 0.15) is 0 Å². The maximum Gasteiger partial charge on any atom is 0.211 e. The molecule has 0 saturated carbocycles. The first-order valence-electron chi connectivity index (χ1n) is 1.97. The van der Waals surface area contributed by atoms with Crippen LogP contribution in [0.1, 0.15) is 6.42 Å². The van der Waals surface area contributed by atoms with Crippen LogP contribution in [0.3, 0.4) is 0 Å². The maximum absolute atomic E-state index is 5.32. The van der Waals surface area contributed by atoms with Crippen molar-refractivity contribution in [2.75, 3.05) is 5.88 Å². The third-order valence-corrected chi connectivity index (χ3v) is 1.46. The van der Waals surface area contributed by atoms with Crippen molar-refractivity contribution in [1.29, 1.82) is 0 Å². The van der Waals surface area contributed by atoms with E-state index >= 15 is 0 Å². The van der Waals surface area contributed by atoms with Gasteiger partial charge in [0.2, 0.25) is 16.3 Å². The molecule has 38 valence electrons. The van der Waals surface area contributed by atoms with Gasteiger partial charge in [-0.2, -0.15) is 0 Å². The highest BCUT2D eigenvalue weighted by atomic mass is 35.5. The molecule has 0 aliphatic heterocycles. The predicted molar refractivity (Wildman–Crippen MR) is 35.9 cm³/mol. The van der Waals surface area contributed by atoms with Crippen molar-refractivity contribution >= 4 is 40.3 Å². The molecular weight excluding hydrogens is 134 g/mol. The van der Waals surface area contributed by atoms with Crippen LogP contribution in [-0.4, -0.2) is 22.2 Å². The van der Waals surface area contributed by atoms with Crippen molar-refractivity contribution in [3.05, 3.63) is 0 Å². The first kappa shape index (κ1) is 10.2. The highest BCUT2D eigenvalue weighted by Crippen LogP contribution is 1.84. The zero-order valence-electron chi connectivity index (χ0n) is 3.91. The SMILES string of the molecule is Cl.[AlH2][CH2]CCCl. The smallest absolute Gasteiger partial charge is 0.147 e. The van der Waals surface area contributed by atoms with Crippen LogP contribution in [0.15, 0.2) is 0 Å². The molecule has 0 amide bonds. The molecule has 0 atom stereocenters. The van der Waals surface area contributed by atoms with Gasteiger partial charge >= 0.3 is 0 Å². The van der Waals surface area contributed by atoms with E-state index in [1.807, 2.05) is 0 Å². The summed E-state index contributed by atoms with van der Waals surface area (Å²) in [4.78, 5) is 0. The maximum atomic E-state index is 5.32. The molecule has 0 radical (unpaired) electrons. The van der Waals surface area contributed by atoms with Gasteiger partial charge in [0, 0.05) is 5.88 Å². The van der Waals surface area contributed by atoms with E-state index in [4.69, 9.17) is 11.6 Å². The molecule has 3 heteroatoms. The summed E-state index contributed by atoms with van der Waals surface area (Å²) in [6.45, 7) is 0. The fraction of sp³-hybridized carbons (Fsp3) is 1.00. The quantitative estimate of drug-likeness (QED) is 0.401. The Labute approximate surface area is 58.1 Å². The fourth-order valence-electron chi connectivity index (χ4n) is 0.134. The number of alkyl halides is 1. The van der Waals surface area contributed by atoms with E-state index in [2.05, 4.69) is 0 Å². The van der Waals surface area contributed by atoms with Crippen molar-refractivity contribution in [2.24, 2.45) is 0 Å². The summed E-state index contributed by atoms with van der Waals surface area (Å²) in [5, 5.41) is 1.35. The summed E-state index contributed by atoms with van der Waals surface area (Å²) < 4.78 is 0. The molecule has 0 bridgehead atoms. The summed E-state index contributed by atoms with van der Waals surface area (Å²) in [6.07, 6.45) is 1.22. The normalized spacial score (nSPS) is 6.83. The molecule has 0 aromatic carbocycles. The Morgan fingerprint density at radius 1 is 1.50 bits per heavy atom. The number of rotatable bonds is 2. The van der Waals surface area contributed by atoms with Crippen LogP contribution in [0, 0.1) is 0 Å². The molecule has 0 rings (SSSR count). The summed E-state index contributed by atoms with van der Waals surface area (Å²) in [5.41, 5.74) is 0. The van der Waals surface area contributed by atoms with Gasteiger partial charge in [-0.1, -0.05) is 6.42 Å². The van der Waals surface area contributed by atoms with E-state index in [1.165, 1.54) is 28.0 Å². The Morgan fingerprint density at radius 3 is 2.00 bits per heavy atom. The van der Waals surface area contributed by atoms with Crippen molar-refractivity contribution in [3.8, 4) is 0 Å². The van der Waals surface area contributed by atoms with Gasteiger partial charge in [0.05, 0.1) is 0 Å². The molecule has 0 nitrogen and oxygen atoms in total. The molecule has 0 saturated heterocycles. The second-order valence-corrected chi connectivity index (χ2v) is 2.42. The van der Waals surface area contributed by atoms with Gasteiger partial charge in [0.15, 0.2) is 0 Å². The summed E-state index contributed by atoms with van der Waals surface area (Å²) in [5.74, 6) is 0.851. The lowest BCUT2D eigenvalue weighted by Crippen LogP contribution is -1.68. The summed E-state index contributed by atoms with van der Waals surface area (Å²) in [6, 6.07) is 0. The zero-order chi connectivity index (χ0) is 4.12. The molecule has 0 fully saturated rings. The van der Waals surface area contributed by atoms with E-state index in [-0.39, 0.29) is 12.4 Å². The first-order chi connectivity index (χ1) is 2.41. The first-order valence-corrected chi connectivity index (χ1v) is 3.92. The Morgan fingerprint density at radius 2 is 2.00 bits per heavy atom. The topological polar surface area (TPSA) is 0 Å². The van der Waals surface area contributed by atoms with Crippen LogP contribution in [0.25, 0.3) is 0 Å². The number of hydrogen-bond acceptors (Lipinski definition) is 0. The molecule has 0 aromatic heterocycles. The average molecular weight is 143 g/mol. The largest absolute Gasteiger partial charge is 0.211 e. The van der Waals surface area contributed by atoms with Crippen LogP contribution < -0.4 is 0 Å². The lowest BCUT2D eigenvalue weighted by molar-refractivity contribution is 1.09. The average Bonchev–Trinajstić information content (AvgIpc) is 1.41. The van der Waals surface area contributed by atoms with Crippen molar-refractivity contribution in [2.45, 2.75) is 11.7 Å². The van der Waals surface area contributed by atoms with Crippen molar-refractivity contribution in [3.63, 3.8) is 0 Å². The second-order valence-electron chi connectivity index (χ2n) is 1.04. The Balaban J connectivity index is 0. The molecule has 0 heterocycles. The summed E-state index contributed by atoms with van der Waals surface area (Å²) >= 11 is 6.64. The van der Waals surface area contributed by atoms with Gasteiger partial charge in [-0.05, 0) is 0 Å². The molecule has 0 N–H and O–H groups in total. The van der Waals surface area contributed by atoms with Gasteiger partial charge < -0.3 is 0 Å². The van der Waals surface area contributed by atoms with Gasteiger partial charge in [0.25, 0.3) is 0 Å². The Bertz CT molecular complexity index is 16.3. The second kappa shape index (κ2) is 9.45. The standard InChI is InChI=1S/C3H6Cl.Al.ClH.2H/c1-2-3-4;;;;/h1-3H2;;1H;;. The minimum Gasteiger partial charge on any atom is -0.147 e. The third kappa shape index (κ3) is 8.93. The van der Waals surface area contributed by atoms with Gasteiger partial charge in [-0.3, -0.25) is 0 Å². The molecule has 0 aromatic rings. The van der Waals surface area contributed by atoms with Gasteiger partial charge in [-0.15, -0.1) is 29.3 Å². The van der Waals surface area contributed by atoms with Crippen molar-refractivity contribution < 1.29 is 0 Å². The molecule has 6 heavy (non-hydrogen) atoms. The van der Waals surface area contributed by atoms with Crippen LogP contribution >= 0.6 is 24.0 Å². The van der Waals surface area contributed by atoms with E-state index < -0.39 is 0 Å². The van der Waals surface area contributed by atoms with Crippen LogP contribution in [0.4, 0.5) is 0 Å². The minimum atomic E-state index is 0. The molecule has 0 aliphatic rings. The zero-order valence-corrected chi connectivity index (χ0v) is 7.48. The Kier molecular flexibility index (Phi) is 16.0. The van der Waals surface area contributed by atoms with E-state index in [1.54, 1.807) is 0 Å². The molecular formula is C3H9AlCl2. The molecule has 0 spiro atoms.